The van der Waals surface area contributed by atoms with Crippen molar-refractivity contribution in [2.75, 3.05) is 31.1 Å². The minimum Gasteiger partial charge on any atom is -0.357 e. The molecule has 2 rings (SSSR count). The van der Waals surface area contributed by atoms with Gasteiger partial charge in [-0.2, -0.15) is 0 Å². The fraction of sp³-hybridized carbons (Fsp3) is 0.688. The Morgan fingerprint density at radius 2 is 2.00 bits per heavy atom. The van der Waals surface area contributed by atoms with Gasteiger partial charge in [-0.25, -0.2) is 4.98 Å². The van der Waals surface area contributed by atoms with E-state index in [0.717, 1.165) is 25.5 Å². The van der Waals surface area contributed by atoms with Crippen molar-refractivity contribution in [3.05, 3.63) is 23.9 Å². The first kappa shape index (κ1) is 14.3. The second-order valence-corrected chi connectivity index (χ2v) is 5.26. The van der Waals surface area contributed by atoms with Gasteiger partial charge in [0, 0.05) is 25.3 Å². The Bertz CT molecular complexity index is 370. The first-order chi connectivity index (χ1) is 9.30. The first-order valence-electron chi connectivity index (χ1n) is 7.75. The van der Waals surface area contributed by atoms with Gasteiger partial charge in [-0.15, -0.1) is 0 Å². The van der Waals surface area contributed by atoms with Crippen molar-refractivity contribution in [3.8, 4) is 0 Å². The Kier molecular flexibility index (Phi) is 5.20. The molecule has 0 saturated carbocycles. The van der Waals surface area contributed by atoms with Gasteiger partial charge < -0.3 is 4.90 Å². The molecule has 0 bridgehead atoms. The summed E-state index contributed by atoms with van der Waals surface area (Å²) < 4.78 is 0. The summed E-state index contributed by atoms with van der Waals surface area (Å²) in [5.74, 6) is 1.10. The van der Waals surface area contributed by atoms with Gasteiger partial charge in [0.1, 0.15) is 5.82 Å². The number of piperidine rings is 1. The SMILES string of the molecule is CCN(CC)c1ccc([C@@H]2CCCCN2CC)cn1. The molecule has 0 spiro atoms. The number of anilines is 1. The number of pyridine rings is 1. The normalized spacial score (nSPS) is 20.5. The highest BCUT2D eigenvalue weighted by Crippen LogP contribution is 2.30. The summed E-state index contributed by atoms with van der Waals surface area (Å²) in [6, 6.07) is 5.04. The smallest absolute Gasteiger partial charge is 0.128 e. The molecule has 1 aromatic rings. The number of hydrogen-bond donors (Lipinski definition) is 0. The van der Waals surface area contributed by atoms with E-state index < -0.39 is 0 Å². The van der Waals surface area contributed by atoms with Crippen molar-refractivity contribution >= 4 is 5.82 Å². The summed E-state index contributed by atoms with van der Waals surface area (Å²) in [5, 5.41) is 0. The second kappa shape index (κ2) is 6.90. The summed E-state index contributed by atoms with van der Waals surface area (Å²) >= 11 is 0. The lowest BCUT2D eigenvalue weighted by Crippen LogP contribution is -2.33. The van der Waals surface area contributed by atoms with Crippen LogP contribution in [-0.4, -0.2) is 36.1 Å². The van der Waals surface area contributed by atoms with Crippen molar-refractivity contribution in [2.45, 2.75) is 46.1 Å². The van der Waals surface area contributed by atoms with Gasteiger partial charge in [0.2, 0.25) is 0 Å². The topological polar surface area (TPSA) is 19.4 Å². The number of rotatable bonds is 5. The standard InChI is InChI=1S/C16H27N3/c1-4-18(5-2)16-11-10-14(13-17-16)15-9-7-8-12-19(15)6-3/h10-11,13,15H,4-9,12H2,1-3H3/t15-/m0/s1. The number of hydrogen-bond acceptors (Lipinski definition) is 3. The lowest BCUT2D eigenvalue weighted by atomic mass is 9.96. The third-order valence-corrected chi connectivity index (χ3v) is 4.26. The number of nitrogens with zero attached hydrogens (tertiary/aromatic N) is 3. The number of likely N-dealkylation sites (tertiary alicyclic amines) is 1. The van der Waals surface area contributed by atoms with Crippen LogP contribution in [0.1, 0.15) is 51.6 Å². The van der Waals surface area contributed by atoms with E-state index in [9.17, 15) is 0 Å². The molecule has 3 nitrogen and oxygen atoms in total. The molecule has 19 heavy (non-hydrogen) atoms. The second-order valence-electron chi connectivity index (χ2n) is 5.26. The van der Waals surface area contributed by atoms with Crippen LogP contribution in [0.5, 0.6) is 0 Å². The van der Waals surface area contributed by atoms with Crippen molar-refractivity contribution in [2.24, 2.45) is 0 Å². The van der Waals surface area contributed by atoms with Crippen LogP contribution >= 0.6 is 0 Å². The summed E-state index contributed by atoms with van der Waals surface area (Å²) in [6.07, 6.45) is 6.06. The van der Waals surface area contributed by atoms with Crippen LogP contribution in [0.3, 0.4) is 0 Å². The molecule has 1 atom stereocenters. The maximum atomic E-state index is 4.66. The molecule has 1 saturated heterocycles. The first-order valence-corrected chi connectivity index (χ1v) is 7.75. The average Bonchev–Trinajstić information content (AvgIpc) is 2.49. The quantitative estimate of drug-likeness (QED) is 0.809. The van der Waals surface area contributed by atoms with Crippen LogP contribution in [0.4, 0.5) is 5.82 Å². The maximum Gasteiger partial charge on any atom is 0.128 e. The van der Waals surface area contributed by atoms with Crippen LogP contribution in [0, 0.1) is 0 Å². The molecule has 1 aliphatic rings. The molecule has 0 aromatic carbocycles. The molecule has 1 fully saturated rings. The van der Waals surface area contributed by atoms with Crippen LogP contribution in [-0.2, 0) is 0 Å². The molecule has 0 amide bonds. The number of aromatic nitrogens is 1. The van der Waals surface area contributed by atoms with Gasteiger partial charge in [0.25, 0.3) is 0 Å². The molecule has 0 aliphatic carbocycles. The Morgan fingerprint density at radius 1 is 1.21 bits per heavy atom. The van der Waals surface area contributed by atoms with E-state index >= 15 is 0 Å². The summed E-state index contributed by atoms with van der Waals surface area (Å²) in [7, 11) is 0. The third kappa shape index (κ3) is 3.27. The molecule has 0 unspecified atom stereocenters. The van der Waals surface area contributed by atoms with Crippen LogP contribution in [0.15, 0.2) is 18.3 Å². The lowest BCUT2D eigenvalue weighted by Gasteiger charge is -2.35. The molecule has 1 aliphatic heterocycles. The van der Waals surface area contributed by atoms with E-state index in [1.165, 1.54) is 31.4 Å². The highest BCUT2D eigenvalue weighted by atomic mass is 15.2. The highest BCUT2D eigenvalue weighted by Gasteiger charge is 2.22. The molecule has 0 N–H and O–H groups in total. The third-order valence-electron chi connectivity index (χ3n) is 4.26. The largest absolute Gasteiger partial charge is 0.357 e. The van der Waals surface area contributed by atoms with E-state index in [2.05, 4.69) is 53.9 Å². The molecule has 1 aromatic heterocycles. The van der Waals surface area contributed by atoms with Crippen LogP contribution < -0.4 is 4.90 Å². The highest BCUT2D eigenvalue weighted by molar-refractivity contribution is 5.39. The zero-order valence-electron chi connectivity index (χ0n) is 12.6. The zero-order valence-corrected chi connectivity index (χ0v) is 12.6. The average molecular weight is 261 g/mol. The fourth-order valence-corrected chi connectivity index (χ4v) is 3.08. The minimum absolute atomic E-state index is 0.581. The Hall–Kier alpha value is -1.09. The molecular formula is C16H27N3. The lowest BCUT2D eigenvalue weighted by molar-refractivity contribution is 0.157. The van der Waals surface area contributed by atoms with Gasteiger partial charge in [-0.3, -0.25) is 4.90 Å². The molecular weight excluding hydrogens is 234 g/mol. The molecule has 3 heteroatoms. The van der Waals surface area contributed by atoms with Crippen molar-refractivity contribution in [1.82, 2.24) is 9.88 Å². The van der Waals surface area contributed by atoms with E-state index in [4.69, 9.17) is 0 Å². The minimum atomic E-state index is 0.581. The van der Waals surface area contributed by atoms with Crippen LogP contribution in [0.25, 0.3) is 0 Å². The monoisotopic (exact) mass is 261 g/mol. The molecule has 0 radical (unpaired) electrons. The van der Waals surface area contributed by atoms with Gasteiger partial charge in [-0.1, -0.05) is 19.4 Å². The maximum absolute atomic E-state index is 4.66. The Balaban J connectivity index is 2.12. The predicted molar refractivity (Wildman–Crippen MR) is 81.6 cm³/mol. The van der Waals surface area contributed by atoms with Crippen LogP contribution in [0.2, 0.25) is 0 Å². The van der Waals surface area contributed by atoms with Gasteiger partial charge in [0.15, 0.2) is 0 Å². The van der Waals surface area contributed by atoms with Crippen molar-refractivity contribution < 1.29 is 0 Å². The van der Waals surface area contributed by atoms with Gasteiger partial charge in [0.05, 0.1) is 0 Å². The van der Waals surface area contributed by atoms with E-state index in [-0.39, 0.29) is 0 Å². The van der Waals surface area contributed by atoms with E-state index in [0.29, 0.717) is 6.04 Å². The Labute approximate surface area is 117 Å². The molecule has 2 heterocycles. The summed E-state index contributed by atoms with van der Waals surface area (Å²) in [4.78, 5) is 9.54. The fourth-order valence-electron chi connectivity index (χ4n) is 3.08. The molecule has 106 valence electrons. The summed E-state index contributed by atoms with van der Waals surface area (Å²) in [6.45, 7) is 11.0. The van der Waals surface area contributed by atoms with Gasteiger partial charge in [-0.05, 0) is 51.4 Å². The predicted octanol–water partition coefficient (Wildman–Crippen LogP) is 3.47. The van der Waals surface area contributed by atoms with Crippen molar-refractivity contribution in [3.63, 3.8) is 0 Å². The van der Waals surface area contributed by atoms with E-state index in [1.54, 1.807) is 0 Å². The summed E-state index contributed by atoms with van der Waals surface area (Å²) in [5.41, 5.74) is 1.39. The van der Waals surface area contributed by atoms with Gasteiger partial charge >= 0.3 is 0 Å². The Morgan fingerprint density at radius 3 is 2.58 bits per heavy atom. The zero-order chi connectivity index (χ0) is 13.7. The van der Waals surface area contributed by atoms with E-state index in [1.807, 2.05) is 0 Å². The van der Waals surface area contributed by atoms with Crippen molar-refractivity contribution in [1.29, 1.82) is 0 Å².